The Hall–Kier alpha value is -2.40. The van der Waals surface area contributed by atoms with Gasteiger partial charge in [0.15, 0.2) is 0 Å². The summed E-state index contributed by atoms with van der Waals surface area (Å²) in [5.41, 5.74) is 5.51. The maximum absolute atomic E-state index is 13.5. The van der Waals surface area contributed by atoms with Crippen LogP contribution in [0.4, 0.5) is 13.2 Å². The fourth-order valence-corrected chi connectivity index (χ4v) is 5.16. The average Bonchev–Trinajstić information content (AvgIpc) is 3.50. The Labute approximate surface area is 191 Å². The molecule has 0 heterocycles. The van der Waals surface area contributed by atoms with Gasteiger partial charge >= 0.3 is 12.1 Å². The molecule has 2 fully saturated rings. The molecule has 11 heteroatoms. The lowest BCUT2D eigenvalue weighted by Gasteiger charge is -2.27. The topological polar surface area (TPSA) is 111 Å². The highest BCUT2D eigenvalue weighted by atomic mass is 32.2. The first-order chi connectivity index (χ1) is 15.4. The SMILES string of the molecule is CCOC(=O)CN=C1CCC[C@@H](NS(=O)(=O)c2cc(C(F)(F)F)cc(C3(C)CC3)c2)C1=CN. The molecule has 1 aromatic carbocycles. The molecule has 2 aliphatic rings. The van der Waals surface area contributed by atoms with Crippen LogP contribution in [0.5, 0.6) is 0 Å². The number of ether oxygens (including phenoxy) is 1. The summed E-state index contributed by atoms with van der Waals surface area (Å²) in [6, 6.07) is 2.22. The van der Waals surface area contributed by atoms with Gasteiger partial charge in [0.1, 0.15) is 6.54 Å². The Morgan fingerprint density at radius 2 is 2.03 bits per heavy atom. The highest BCUT2D eigenvalue weighted by Gasteiger charge is 2.42. The lowest BCUT2D eigenvalue weighted by atomic mass is 9.89. The normalized spacial score (nSPS) is 23.0. The van der Waals surface area contributed by atoms with Crippen LogP contribution in [-0.4, -0.2) is 39.3 Å². The molecule has 33 heavy (non-hydrogen) atoms. The highest BCUT2D eigenvalue weighted by molar-refractivity contribution is 7.89. The first kappa shape index (κ1) is 25.2. The van der Waals surface area contributed by atoms with Gasteiger partial charge in [-0.05, 0) is 68.2 Å². The number of rotatable bonds is 7. The second-order valence-electron chi connectivity index (χ2n) is 8.56. The Balaban J connectivity index is 1.89. The van der Waals surface area contributed by atoms with Gasteiger partial charge in [0.2, 0.25) is 10.0 Å². The minimum Gasteiger partial charge on any atom is -0.465 e. The van der Waals surface area contributed by atoms with Crippen molar-refractivity contribution in [3.63, 3.8) is 0 Å². The Bertz CT molecular complexity index is 1050. The van der Waals surface area contributed by atoms with Gasteiger partial charge in [-0.25, -0.2) is 13.1 Å². The van der Waals surface area contributed by atoms with E-state index in [-0.39, 0.29) is 13.2 Å². The molecule has 1 atom stereocenters. The van der Waals surface area contributed by atoms with Gasteiger partial charge < -0.3 is 10.5 Å². The van der Waals surface area contributed by atoms with Crippen molar-refractivity contribution < 1.29 is 31.1 Å². The van der Waals surface area contributed by atoms with Gasteiger partial charge in [-0.15, -0.1) is 0 Å². The van der Waals surface area contributed by atoms with Crippen molar-refractivity contribution in [2.45, 2.75) is 68.5 Å². The molecule has 0 saturated heterocycles. The van der Waals surface area contributed by atoms with Crippen LogP contribution in [0.3, 0.4) is 0 Å². The number of benzene rings is 1. The van der Waals surface area contributed by atoms with E-state index >= 15 is 0 Å². The van der Waals surface area contributed by atoms with E-state index in [4.69, 9.17) is 10.5 Å². The van der Waals surface area contributed by atoms with Gasteiger partial charge in [0.25, 0.3) is 0 Å². The van der Waals surface area contributed by atoms with E-state index in [9.17, 15) is 26.4 Å². The molecule has 3 rings (SSSR count). The zero-order valence-corrected chi connectivity index (χ0v) is 19.4. The van der Waals surface area contributed by atoms with E-state index in [1.165, 1.54) is 12.3 Å². The molecule has 0 unspecified atom stereocenters. The van der Waals surface area contributed by atoms with Crippen LogP contribution in [0.2, 0.25) is 0 Å². The maximum Gasteiger partial charge on any atom is 0.416 e. The molecule has 0 spiro atoms. The quantitative estimate of drug-likeness (QED) is 0.573. The molecule has 2 aliphatic carbocycles. The standard InChI is InChI=1S/C22H28F3N3O4S/c1-3-32-20(29)13-27-18-5-4-6-19(17(18)12-26)28-33(30,31)16-10-14(21(2)7-8-21)9-15(11-16)22(23,24)25/h9-12,19,28H,3-8,13,26H2,1-2H3/t19-/m1/s1. The van der Waals surface area contributed by atoms with Crippen LogP contribution in [0, 0.1) is 0 Å². The van der Waals surface area contributed by atoms with Gasteiger partial charge in [0, 0.05) is 17.5 Å². The van der Waals surface area contributed by atoms with E-state index in [1.54, 1.807) is 6.92 Å². The monoisotopic (exact) mass is 487 g/mol. The predicted octanol–water partition coefficient (Wildman–Crippen LogP) is 3.43. The third kappa shape index (κ3) is 5.94. The van der Waals surface area contributed by atoms with Crippen LogP contribution >= 0.6 is 0 Å². The fourth-order valence-electron chi connectivity index (χ4n) is 3.84. The largest absolute Gasteiger partial charge is 0.465 e. The predicted molar refractivity (Wildman–Crippen MR) is 117 cm³/mol. The van der Waals surface area contributed by atoms with E-state index < -0.39 is 44.1 Å². The van der Waals surface area contributed by atoms with Crippen molar-refractivity contribution in [3.8, 4) is 0 Å². The second-order valence-corrected chi connectivity index (χ2v) is 10.3. The van der Waals surface area contributed by atoms with Gasteiger partial charge in [-0.3, -0.25) is 9.79 Å². The highest BCUT2D eigenvalue weighted by Crippen LogP contribution is 2.49. The molecule has 3 N–H and O–H groups in total. The smallest absolute Gasteiger partial charge is 0.416 e. The number of carbonyl (C=O) groups is 1. The van der Waals surface area contributed by atoms with Crippen molar-refractivity contribution in [2.75, 3.05) is 13.2 Å². The molecular weight excluding hydrogens is 459 g/mol. The van der Waals surface area contributed by atoms with Gasteiger partial charge in [-0.1, -0.05) is 6.92 Å². The third-order valence-electron chi connectivity index (χ3n) is 6.04. The lowest BCUT2D eigenvalue weighted by molar-refractivity contribution is -0.141. The Morgan fingerprint density at radius 3 is 2.61 bits per heavy atom. The molecule has 0 radical (unpaired) electrons. The number of aliphatic imine (C=N–C) groups is 1. The first-order valence-electron chi connectivity index (χ1n) is 10.8. The number of sulfonamides is 1. The number of alkyl halides is 3. The molecule has 182 valence electrons. The van der Waals surface area contributed by atoms with E-state index in [0.717, 1.165) is 6.07 Å². The number of esters is 1. The van der Waals surface area contributed by atoms with E-state index in [2.05, 4.69) is 9.71 Å². The van der Waals surface area contributed by atoms with Crippen LogP contribution in [-0.2, 0) is 31.1 Å². The van der Waals surface area contributed by atoms with Crippen molar-refractivity contribution in [1.82, 2.24) is 4.72 Å². The molecule has 7 nitrogen and oxygen atoms in total. The number of hydrogen-bond acceptors (Lipinski definition) is 6. The second kappa shape index (κ2) is 9.46. The van der Waals surface area contributed by atoms with Gasteiger partial charge in [0.05, 0.1) is 23.1 Å². The first-order valence-corrected chi connectivity index (χ1v) is 12.2. The summed E-state index contributed by atoms with van der Waals surface area (Å²) in [6.45, 7) is 3.47. The van der Waals surface area contributed by atoms with Crippen LogP contribution in [0.15, 0.2) is 39.9 Å². The Morgan fingerprint density at radius 1 is 1.33 bits per heavy atom. The number of nitrogens with one attached hydrogen (secondary N) is 1. The van der Waals surface area contributed by atoms with Crippen molar-refractivity contribution >= 4 is 21.7 Å². The molecule has 0 aromatic heterocycles. The molecular formula is C22H28F3N3O4S. The Kier molecular flexibility index (Phi) is 7.23. The average molecular weight is 488 g/mol. The summed E-state index contributed by atoms with van der Waals surface area (Å²) in [5.74, 6) is -0.519. The van der Waals surface area contributed by atoms with Crippen molar-refractivity contribution in [2.24, 2.45) is 10.7 Å². The lowest BCUT2D eigenvalue weighted by Crippen LogP contribution is -2.41. The van der Waals surface area contributed by atoms with Crippen molar-refractivity contribution in [1.29, 1.82) is 0 Å². The zero-order chi connectivity index (χ0) is 24.4. The zero-order valence-electron chi connectivity index (χ0n) is 18.5. The van der Waals surface area contributed by atoms with Crippen LogP contribution < -0.4 is 10.5 Å². The number of hydrogen-bond donors (Lipinski definition) is 2. The van der Waals surface area contributed by atoms with Crippen molar-refractivity contribution in [3.05, 3.63) is 41.1 Å². The molecule has 0 bridgehead atoms. The molecule has 1 aromatic rings. The number of carbonyl (C=O) groups excluding carboxylic acids is 1. The maximum atomic E-state index is 13.5. The third-order valence-corrected chi connectivity index (χ3v) is 7.49. The van der Waals surface area contributed by atoms with Gasteiger partial charge in [-0.2, -0.15) is 13.2 Å². The summed E-state index contributed by atoms with van der Waals surface area (Å²) in [5, 5.41) is 0. The van der Waals surface area contributed by atoms with E-state index in [0.29, 0.717) is 55.0 Å². The summed E-state index contributed by atoms with van der Waals surface area (Å²) in [6.07, 6.45) is -0.603. The molecule has 0 aliphatic heterocycles. The summed E-state index contributed by atoms with van der Waals surface area (Å²) < 4.78 is 74.1. The summed E-state index contributed by atoms with van der Waals surface area (Å²) >= 11 is 0. The number of nitrogens with zero attached hydrogens (tertiary/aromatic N) is 1. The number of halogens is 3. The summed E-state index contributed by atoms with van der Waals surface area (Å²) in [7, 11) is -4.30. The van der Waals surface area contributed by atoms with E-state index in [1.807, 2.05) is 6.92 Å². The minimum absolute atomic E-state index is 0.212. The summed E-state index contributed by atoms with van der Waals surface area (Å²) in [4.78, 5) is 15.4. The minimum atomic E-state index is -4.67. The van der Waals surface area contributed by atoms with Crippen LogP contribution in [0.25, 0.3) is 0 Å². The van der Waals surface area contributed by atoms with Crippen LogP contribution in [0.1, 0.15) is 57.1 Å². The molecule has 0 amide bonds. The fraction of sp³-hybridized carbons (Fsp3) is 0.545. The number of nitrogens with two attached hydrogens (primary N) is 1. The molecule has 2 saturated carbocycles.